The largest absolute Gasteiger partial charge is 0.394 e. The third kappa shape index (κ3) is 14.2. The van der Waals surface area contributed by atoms with E-state index in [1.165, 1.54) is 0 Å². The number of aryl methyl sites for hydroxylation is 1. The quantitative estimate of drug-likeness (QED) is 0.121. The van der Waals surface area contributed by atoms with E-state index in [0.29, 0.717) is 119 Å². The van der Waals surface area contributed by atoms with Crippen molar-refractivity contribution < 1.29 is 38.6 Å². The second-order valence-corrected chi connectivity index (χ2v) is 10.2. The van der Waals surface area contributed by atoms with Crippen molar-refractivity contribution in [2.45, 2.75) is 13.8 Å². The summed E-state index contributed by atoms with van der Waals surface area (Å²) >= 11 is 1.16. The van der Waals surface area contributed by atoms with Crippen LogP contribution in [0.3, 0.4) is 0 Å². The van der Waals surface area contributed by atoms with Gasteiger partial charge in [-0.2, -0.15) is 10.5 Å². The van der Waals surface area contributed by atoms with Crippen LogP contribution >= 0.6 is 11.3 Å². The number of hydrogen-bond donors (Lipinski definition) is 2. The van der Waals surface area contributed by atoms with Crippen molar-refractivity contribution in [1.82, 2.24) is 0 Å². The molecule has 0 aliphatic heterocycles. The minimum atomic E-state index is -0.00546. The summed E-state index contributed by atoms with van der Waals surface area (Å²) in [5.74, 6) is 0. The van der Waals surface area contributed by atoms with Crippen LogP contribution in [-0.2, 0) is 28.4 Å². The number of ether oxygens (including phenoxy) is 6. The summed E-state index contributed by atoms with van der Waals surface area (Å²) in [4.78, 5) is 2.62. The lowest BCUT2D eigenvalue weighted by Crippen LogP contribution is -2.31. The van der Waals surface area contributed by atoms with Crippen LogP contribution in [0.2, 0.25) is 0 Å². The normalized spacial score (nSPS) is 11.2. The zero-order valence-corrected chi connectivity index (χ0v) is 26.4. The van der Waals surface area contributed by atoms with Gasteiger partial charge in [0.1, 0.15) is 17.0 Å². The van der Waals surface area contributed by atoms with E-state index < -0.39 is 0 Å². The summed E-state index contributed by atoms with van der Waals surface area (Å²) in [6, 6.07) is 10.1. The Morgan fingerprint density at radius 3 is 1.66 bits per heavy atom. The number of hydrogen-bond acceptors (Lipinski definition) is 14. The number of azo groups is 1. The Morgan fingerprint density at radius 1 is 0.705 bits per heavy atom. The van der Waals surface area contributed by atoms with Crippen LogP contribution in [0, 0.1) is 36.5 Å². The van der Waals surface area contributed by atoms with Crippen LogP contribution < -0.4 is 4.90 Å². The SMILES string of the molecule is Cc1cc(N(CCOCCOCCOCCO)CCOCCOCCOCCO)ccc1N=Nc1sc(C#N)c(C)c1C#N. The van der Waals surface area contributed by atoms with Crippen LogP contribution in [0.25, 0.3) is 0 Å². The molecule has 0 amide bonds. The van der Waals surface area contributed by atoms with Crippen LogP contribution in [-0.4, -0.2) is 116 Å². The molecule has 1 heterocycles. The molecule has 1 aromatic carbocycles. The molecule has 0 radical (unpaired) electrons. The third-order valence-corrected chi connectivity index (χ3v) is 7.19. The first kappa shape index (κ1) is 37.2. The molecule has 2 aromatic rings. The maximum Gasteiger partial charge on any atom is 0.158 e. The number of anilines is 1. The number of aliphatic hydroxyl groups excluding tert-OH is 2. The van der Waals surface area contributed by atoms with Crippen molar-refractivity contribution in [2.75, 3.05) is 110 Å². The van der Waals surface area contributed by atoms with Gasteiger partial charge >= 0.3 is 0 Å². The molecule has 13 nitrogen and oxygen atoms in total. The van der Waals surface area contributed by atoms with Crippen molar-refractivity contribution >= 4 is 27.7 Å². The van der Waals surface area contributed by atoms with E-state index in [1.54, 1.807) is 6.92 Å². The minimum absolute atomic E-state index is 0.00546. The van der Waals surface area contributed by atoms with Crippen LogP contribution in [0.15, 0.2) is 28.4 Å². The molecule has 14 heteroatoms. The fourth-order valence-electron chi connectivity index (χ4n) is 3.79. The summed E-state index contributed by atoms with van der Waals surface area (Å²) < 4.78 is 32.8. The monoisotopic (exact) mass is 633 g/mol. The molecule has 0 aliphatic carbocycles. The second kappa shape index (κ2) is 23.4. The van der Waals surface area contributed by atoms with E-state index in [2.05, 4.69) is 27.3 Å². The van der Waals surface area contributed by atoms with E-state index >= 15 is 0 Å². The summed E-state index contributed by atoms with van der Waals surface area (Å²) in [5, 5.41) is 45.3. The molecule has 0 fully saturated rings. The van der Waals surface area contributed by atoms with Gasteiger partial charge in [0.05, 0.1) is 104 Å². The molecule has 0 saturated carbocycles. The van der Waals surface area contributed by atoms with Crippen molar-refractivity contribution in [1.29, 1.82) is 10.5 Å². The average molecular weight is 634 g/mol. The number of benzene rings is 1. The molecular formula is C30H43N5O8S. The van der Waals surface area contributed by atoms with E-state index in [9.17, 15) is 10.5 Å². The molecule has 0 saturated heterocycles. The average Bonchev–Trinajstić information content (AvgIpc) is 3.35. The van der Waals surface area contributed by atoms with Crippen molar-refractivity contribution in [3.63, 3.8) is 0 Å². The Bertz CT molecular complexity index is 1170. The number of nitriles is 2. The molecular weight excluding hydrogens is 590 g/mol. The molecule has 2 rings (SSSR count). The van der Waals surface area contributed by atoms with Gasteiger partial charge < -0.3 is 43.5 Å². The van der Waals surface area contributed by atoms with Crippen LogP contribution in [0.4, 0.5) is 16.4 Å². The van der Waals surface area contributed by atoms with Gasteiger partial charge in [0.25, 0.3) is 0 Å². The summed E-state index contributed by atoms with van der Waals surface area (Å²) in [6.45, 7) is 10.0. The number of thiophene rings is 1. The van der Waals surface area contributed by atoms with Gasteiger partial charge in [0, 0.05) is 18.8 Å². The molecule has 0 spiro atoms. The predicted octanol–water partition coefficient (Wildman–Crippen LogP) is 3.41. The molecule has 0 aliphatic rings. The lowest BCUT2D eigenvalue weighted by Gasteiger charge is -2.25. The van der Waals surface area contributed by atoms with Crippen molar-refractivity contribution in [3.05, 3.63) is 39.8 Å². The van der Waals surface area contributed by atoms with E-state index in [0.717, 1.165) is 22.6 Å². The fraction of sp³-hybridized carbons (Fsp3) is 0.600. The van der Waals surface area contributed by atoms with Gasteiger partial charge in [0.2, 0.25) is 0 Å². The summed E-state index contributed by atoms with van der Waals surface area (Å²) in [5.41, 5.74) is 3.53. The Labute approximate surface area is 263 Å². The van der Waals surface area contributed by atoms with Crippen molar-refractivity contribution in [3.8, 4) is 12.1 Å². The lowest BCUT2D eigenvalue weighted by molar-refractivity contribution is 0.00694. The molecule has 1 aromatic heterocycles. The first-order chi connectivity index (χ1) is 21.5. The highest BCUT2D eigenvalue weighted by atomic mass is 32.1. The highest BCUT2D eigenvalue weighted by molar-refractivity contribution is 7.16. The van der Waals surface area contributed by atoms with Gasteiger partial charge in [-0.3, -0.25) is 0 Å². The summed E-state index contributed by atoms with van der Waals surface area (Å²) in [6.07, 6.45) is 0. The zero-order valence-electron chi connectivity index (χ0n) is 25.5. The number of nitrogens with zero attached hydrogens (tertiary/aromatic N) is 5. The van der Waals surface area contributed by atoms with Crippen LogP contribution in [0.1, 0.15) is 21.6 Å². The molecule has 0 atom stereocenters. The molecule has 0 bridgehead atoms. The van der Waals surface area contributed by atoms with Gasteiger partial charge in [-0.25, -0.2) is 0 Å². The maximum absolute atomic E-state index is 9.48. The highest BCUT2D eigenvalue weighted by Gasteiger charge is 2.15. The molecule has 242 valence electrons. The second-order valence-electron chi connectivity index (χ2n) is 9.24. The topological polar surface area (TPSA) is 171 Å². The Morgan fingerprint density at radius 2 is 1.20 bits per heavy atom. The Kier molecular flexibility index (Phi) is 19.7. The zero-order chi connectivity index (χ0) is 31.8. The molecule has 44 heavy (non-hydrogen) atoms. The standard InChI is InChI=1S/C30H43N5O8S/c1-24-21-26(3-4-28(24)33-34-30-27(22-31)25(2)29(23-32)44-30)35(5-9-38-13-17-42-19-15-40-11-7-36)6-10-39-14-18-43-20-16-41-12-8-37/h3-4,21,36-37H,5-20H2,1-2H3. The van der Waals surface area contributed by atoms with Crippen molar-refractivity contribution in [2.24, 2.45) is 10.2 Å². The molecule has 2 N–H and O–H groups in total. The van der Waals surface area contributed by atoms with Gasteiger partial charge in [-0.15, -0.1) is 21.6 Å². The highest BCUT2D eigenvalue weighted by Crippen LogP contribution is 2.36. The van der Waals surface area contributed by atoms with E-state index in [4.69, 9.17) is 38.6 Å². The van der Waals surface area contributed by atoms with E-state index in [1.807, 2.05) is 25.1 Å². The first-order valence-electron chi connectivity index (χ1n) is 14.4. The van der Waals surface area contributed by atoms with Gasteiger partial charge in [0.15, 0.2) is 5.00 Å². The third-order valence-electron chi connectivity index (χ3n) is 6.11. The van der Waals surface area contributed by atoms with Gasteiger partial charge in [-0.05, 0) is 43.2 Å². The predicted molar refractivity (Wildman–Crippen MR) is 165 cm³/mol. The fourth-order valence-corrected chi connectivity index (χ4v) is 4.66. The minimum Gasteiger partial charge on any atom is -0.394 e. The molecule has 0 unspecified atom stereocenters. The van der Waals surface area contributed by atoms with E-state index in [-0.39, 0.29) is 13.2 Å². The van der Waals surface area contributed by atoms with Gasteiger partial charge in [-0.1, -0.05) is 0 Å². The smallest absolute Gasteiger partial charge is 0.158 e. The summed E-state index contributed by atoms with van der Waals surface area (Å²) in [7, 11) is 0. The maximum atomic E-state index is 9.48. The lowest BCUT2D eigenvalue weighted by atomic mass is 10.1. The number of aliphatic hydroxyl groups is 2. The Hall–Kier alpha value is -3.02. The Balaban J connectivity index is 1.93. The first-order valence-corrected chi connectivity index (χ1v) is 15.3. The number of rotatable bonds is 25. The van der Waals surface area contributed by atoms with Crippen LogP contribution in [0.5, 0.6) is 0 Å².